The number of hydrogen-bond acceptors (Lipinski definition) is 4. The van der Waals surface area contributed by atoms with E-state index in [4.69, 9.17) is 15.4 Å². The molecule has 5 nitrogen and oxygen atoms in total. The van der Waals surface area contributed by atoms with E-state index in [-0.39, 0.29) is 10.6 Å². The first-order valence-electron chi connectivity index (χ1n) is 3.82. The molecular formula is C8H8ClNO4S. The Balaban J connectivity index is 3.27. The van der Waals surface area contributed by atoms with Crippen molar-refractivity contribution in [2.45, 2.75) is 4.90 Å². The predicted octanol–water partition coefficient (Wildman–Crippen LogP) is 1.19. The predicted molar refractivity (Wildman–Crippen MR) is 55.7 cm³/mol. The highest BCUT2D eigenvalue weighted by Gasteiger charge is 2.12. The van der Waals surface area contributed by atoms with Crippen LogP contribution in [0.5, 0.6) is 5.75 Å². The van der Waals surface area contributed by atoms with E-state index < -0.39 is 9.05 Å². The molecule has 0 bridgehead atoms. The van der Waals surface area contributed by atoms with Gasteiger partial charge in [0, 0.05) is 10.7 Å². The number of rotatable bonds is 4. The van der Waals surface area contributed by atoms with E-state index >= 15 is 0 Å². The Labute approximate surface area is 91.4 Å². The van der Waals surface area contributed by atoms with Crippen LogP contribution in [0.1, 0.15) is 0 Å². The second-order valence-electron chi connectivity index (χ2n) is 2.56. The molecule has 0 aliphatic carbocycles. The van der Waals surface area contributed by atoms with Crippen LogP contribution in [0, 0.1) is 0 Å². The lowest BCUT2D eigenvalue weighted by Gasteiger charge is -2.07. The fourth-order valence-corrected chi connectivity index (χ4v) is 1.79. The molecule has 0 spiro atoms. The zero-order chi connectivity index (χ0) is 11.5. The Morgan fingerprint density at radius 2 is 2.13 bits per heavy atom. The minimum atomic E-state index is -3.81. The second kappa shape index (κ2) is 4.50. The smallest absolute Gasteiger partial charge is 0.261 e. The Bertz CT molecular complexity index is 472. The lowest BCUT2D eigenvalue weighted by atomic mass is 10.3. The van der Waals surface area contributed by atoms with E-state index in [0.717, 1.165) is 0 Å². The normalized spacial score (nSPS) is 10.8. The standard InChI is InChI=1S/C8H8ClNO4S/c1-14-8-3-2-6(15(9,12)13)4-7(8)10-5-11/h2-5H,1H3,(H,10,11). The van der Waals surface area contributed by atoms with E-state index in [9.17, 15) is 13.2 Å². The first-order valence-corrected chi connectivity index (χ1v) is 6.13. The molecule has 1 rings (SSSR count). The molecule has 15 heavy (non-hydrogen) atoms. The average molecular weight is 250 g/mol. The zero-order valence-corrected chi connectivity index (χ0v) is 9.30. The van der Waals surface area contributed by atoms with Crippen LogP contribution in [-0.2, 0) is 13.8 Å². The maximum Gasteiger partial charge on any atom is 0.261 e. The molecule has 0 aliphatic rings. The summed E-state index contributed by atoms with van der Waals surface area (Å²) in [5.41, 5.74) is 0.245. The van der Waals surface area contributed by atoms with Gasteiger partial charge >= 0.3 is 0 Å². The van der Waals surface area contributed by atoms with Gasteiger partial charge in [-0.2, -0.15) is 0 Å². The van der Waals surface area contributed by atoms with Crippen molar-refractivity contribution in [1.29, 1.82) is 0 Å². The van der Waals surface area contributed by atoms with Gasteiger partial charge in [-0.1, -0.05) is 0 Å². The highest BCUT2D eigenvalue weighted by Crippen LogP contribution is 2.28. The molecular weight excluding hydrogens is 242 g/mol. The van der Waals surface area contributed by atoms with Crippen molar-refractivity contribution >= 4 is 31.8 Å². The summed E-state index contributed by atoms with van der Waals surface area (Å²) in [6, 6.07) is 3.91. The van der Waals surface area contributed by atoms with E-state index in [1.807, 2.05) is 0 Å². The molecule has 7 heteroatoms. The third kappa shape index (κ3) is 2.84. The molecule has 0 saturated heterocycles. The molecule has 0 aromatic heterocycles. The highest BCUT2D eigenvalue weighted by molar-refractivity contribution is 8.13. The second-order valence-corrected chi connectivity index (χ2v) is 5.13. The summed E-state index contributed by atoms with van der Waals surface area (Å²) in [6.07, 6.45) is 0.419. The molecule has 0 heterocycles. The van der Waals surface area contributed by atoms with Crippen molar-refractivity contribution in [1.82, 2.24) is 0 Å². The van der Waals surface area contributed by atoms with Crippen LogP contribution in [-0.4, -0.2) is 21.9 Å². The van der Waals surface area contributed by atoms with Crippen molar-refractivity contribution < 1.29 is 17.9 Å². The van der Waals surface area contributed by atoms with E-state index in [2.05, 4.69) is 5.32 Å². The first-order chi connectivity index (χ1) is 6.99. The highest BCUT2D eigenvalue weighted by atomic mass is 35.7. The van der Waals surface area contributed by atoms with Gasteiger partial charge in [-0.3, -0.25) is 4.79 Å². The van der Waals surface area contributed by atoms with Crippen molar-refractivity contribution in [3.8, 4) is 5.75 Å². The van der Waals surface area contributed by atoms with Gasteiger partial charge in [0.2, 0.25) is 6.41 Å². The quantitative estimate of drug-likeness (QED) is 0.643. The van der Waals surface area contributed by atoms with E-state index in [1.54, 1.807) is 0 Å². The van der Waals surface area contributed by atoms with Gasteiger partial charge in [0.15, 0.2) is 0 Å². The number of anilines is 1. The van der Waals surface area contributed by atoms with Crippen molar-refractivity contribution in [3.63, 3.8) is 0 Å². The maximum absolute atomic E-state index is 11.0. The van der Waals surface area contributed by atoms with Gasteiger partial charge in [-0.05, 0) is 18.2 Å². The van der Waals surface area contributed by atoms with Gasteiger partial charge in [0.25, 0.3) is 9.05 Å². The van der Waals surface area contributed by atoms with Crippen LogP contribution < -0.4 is 10.1 Å². The summed E-state index contributed by atoms with van der Waals surface area (Å²) in [5.74, 6) is 0.353. The van der Waals surface area contributed by atoms with Crippen LogP contribution in [0.2, 0.25) is 0 Å². The van der Waals surface area contributed by atoms with E-state index in [0.29, 0.717) is 12.2 Å². The molecule has 82 valence electrons. The number of nitrogens with one attached hydrogen (secondary N) is 1. The van der Waals surface area contributed by atoms with Gasteiger partial charge < -0.3 is 10.1 Å². The summed E-state index contributed by atoms with van der Waals surface area (Å²) in [5, 5.41) is 2.31. The van der Waals surface area contributed by atoms with Crippen LogP contribution >= 0.6 is 10.7 Å². The third-order valence-corrected chi connectivity index (χ3v) is 3.02. The molecule has 1 aromatic carbocycles. The molecule has 1 N–H and O–H groups in total. The van der Waals surface area contributed by atoms with Crippen LogP contribution in [0.3, 0.4) is 0 Å². The number of carbonyl (C=O) groups excluding carboxylic acids is 1. The van der Waals surface area contributed by atoms with Gasteiger partial charge in [0.1, 0.15) is 5.75 Å². The molecule has 1 amide bonds. The molecule has 0 aliphatic heterocycles. The molecule has 0 saturated carbocycles. The molecule has 0 unspecified atom stereocenters. The first kappa shape index (κ1) is 11.8. The number of amides is 1. The van der Waals surface area contributed by atoms with Crippen molar-refractivity contribution in [2.75, 3.05) is 12.4 Å². The number of methoxy groups -OCH3 is 1. The summed E-state index contributed by atoms with van der Waals surface area (Å²) < 4.78 is 26.9. The lowest BCUT2D eigenvalue weighted by Crippen LogP contribution is -1.99. The SMILES string of the molecule is COc1ccc(S(=O)(=O)Cl)cc1NC=O. The van der Waals surface area contributed by atoms with Gasteiger partial charge in [-0.25, -0.2) is 8.42 Å². The minimum Gasteiger partial charge on any atom is -0.495 e. The van der Waals surface area contributed by atoms with Gasteiger partial charge in [0.05, 0.1) is 17.7 Å². The number of halogens is 1. The van der Waals surface area contributed by atoms with Crippen LogP contribution in [0.25, 0.3) is 0 Å². The monoisotopic (exact) mass is 249 g/mol. The lowest BCUT2D eigenvalue weighted by molar-refractivity contribution is -0.105. The summed E-state index contributed by atoms with van der Waals surface area (Å²) in [7, 11) is 2.74. The fourth-order valence-electron chi connectivity index (χ4n) is 1.02. The Morgan fingerprint density at radius 1 is 1.47 bits per heavy atom. The summed E-state index contributed by atoms with van der Waals surface area (Å²) in [6.45, 7) is 0. The molecule has 0 radical (unpaired) electrons. The Kier molecular flexibility index (Phi) is 3.54. The Morgan fingerprint density at radius 3 is 2.60 bits per heavy atom. The maximum atomic E-state index is 11.0. The van der Waals surface area contributed by atoms with Crippen molar-refractivity contribution in [3.05, 3.63) is 18.2 Å². The number of ether oxygens (including phenoxy) is 1. The van der Waals surface area contributed by atoms with Crippen LogP contribution in [0.15, 0.2) is 23.1 Å². The molecule has 0 atom stereocenters. The number of benzene rings is 1. The van der Waals surface area contributed by atoms with Crippen molar-refractivity contribution in [2.24, 2.45) is 0 Å². The molecule has 1 aromatic rings. The largest absolute Gasteiger partial charge is 0.495 e. The van der Waals surface area contributed by atoms with E-state index in [1.165, 1.54) is 25.3 Å². The third-order valence-electron chi connectivity index (χ3n) is 1.67. The fraction of sp³-hybridized carbons (Fsp3) is 0.125. The Hall–Kier alpha value is -1.27. The average Bonchev–Trinajstić information content (AvgIpc) is 2.17. The summed E-state index contributed by atoms with van der Waals surface area (Å²) >= 11 is 0. The zero-order valence-electron chi connectivity index (χ0n) is 7.73. The number of carbonyl (C=O) groups is 1. The van der Waals surface area contributed by atoms with Crippen LogP contribution in [0.4, 0.5) is 5.69 Å². The summed E-state index contributed by atoms with van der Waals surface area (Å²) in [4.78, 5) is 10.2. The minimum absolute atomic E-state index is 0.102. The molecule has 0 fully saturated rings. The number of hydrogen-bond donors (Lipinski definition) is 1. The topological polar surface area (TPSA) is 72.5 Å². The van der Waals surface area contributed by atoms with Gasteiger partial charge in [-0.15, -0.1) is 0 Å².